The first-order chi connectivity index (χ1) is 18.8. The predicted molar refractivity (Wildman–Crippen MR) is 156 cm³/mol. The van der Waals surface area contributed by atoms with E-state index >= 15 is 0 Å². The minimum Gasteiger partial charge on any atom is -0.493 e. The Balaban J connectivity index is 1.84. The Morgan fingerprint density at radius 2 is 1.95 bits per heavy atom. The van der Waals surface area contributed by atoms with Crippen LogP contribution < -0.4 is 24.4 Å². The second-order valence-corrected chi connectivity index (χ2v) is 11.2. The van der Waals surface area contributed by atoms with Gasteiger partial charge in [0.05, 0.1) is 35.6 Å². The van der Waals surface area contributed by atoms with E-state index in [0.29, 0.717) is 38.7 Å². The van der Waals surface area contributed by atoms with Crippen molar-refractivity contribution in [2.75, 3.05) is 26.6 Å². The number of fused-ring (bicyclic) bond motifs is 1. The number of carbonyl (C=O) groups is 1. The van der Waals surface area contributed by atoms with E-state index in [1.54, 1.807) is 48.6 Å². The maximum absolute atomic E-state index is 13.9. The molecule has 0 saturated heterocycles. The number of rotatable bonds is 10. The van der Waals surface area contributed by atoms with Crippen molar-refractivity contribution in [2.45, 2.75) is 31.7 Å². The molecule has 9 heteroatoms. The number of aromatic nitrogens is 1. The van der Waals surface area contributed by atoms with Gasteiger partial charge < -0.3 is 14.2 Å². The maximum Gasteiger partial charge on any atom is 0.338 e. The molecule has 1 aromatic heterocycles. The fraction of sp³-hybridized carbons (Fsp3) is 0.300. The Hall–Kier alpha value is -3.56. The molecule has 7 nitrogen and oxygen atoms in total. The number of hydrogen-bond donors (Lipinski definition) is 0. The fourth-order valence-corrected chi connectivity index (χ4v) is 5.65. The van der Waals surface area contributed by atoms with Gasteiger partial charge >= 0.3 is 5.97 Å². The number of esters is 1. The number of methoxy groups -OCH3 is 1. The highest BCUT2D eigenvalue weighted by Gasteiger charge is 2.33. The third-order valence-corrected chi connectivity index (χ3v) is 7.79. The van der Waals surface area contributed by atoms with Gasteiger partial charge in [0.1, 0.15) is 6.61 Å². The van der Waals surface area contributed by atoms with Gasteiger partial charge in [0, 0.05) is 4.90 Å². The molecule has 1 unspecified atom stereocenters. The van der Waals surface area contributed by atoms with Crippen molar-refractivity contribution in [3.05, 3.63) is 97.2 Å². The van der Waals surface area contributed by atoms with Gasteiger partial charge in [-0.15, -0.1) is 11.8 Å². The molecule has 0 amide bonds. The molecule has 204 valence electrons. The first kappa shape index (κ1) is 28.4. The number of thioether (sulfide) groups is 1. The Morgan fingerprint density at radius 3 is 2.59 bits per heavy atom. The molecule has 1 aliphatic rings. The second kappa shape index (κ2) is 12.5. The van der Waals surface area contributed by atoms with Gasteiger partial charge in [-0.3, -0.25) is 9.36 Å². The van der Waals surface area contributed by atoms with E-state index in [9.17, 15) is 9.59 Å². The molecule has 0 saturated carbocycles. The Morgan fingerprint density at radius 1 is 1.21 bits per heavy atom. The van der Waals surface area contributed by atoms with Gasteiger partial charge in [-0.05, 0) is 60.6 Å². The topological polar surface area (TPSA) is 79.1 Å². The lowest BCUT2D eigenvalue weighted by molar-refractivity contribution is -0.140. The zero-order chi connectivity index (χ0) is 28.1. The molecule has 0 spiro atoms. The van der Waals surface area contributed by atoms with E-state index in [2.05, 4.69) is 11.6 Å². The summed E-state index contributed by atoms with van der Waals surface area (Å²) in [5, 5.41) is 0. The van der Waals surface area contributed by atoms with Gasteiger partial charge in [0.15, 0.2) is 16.3 Å². The highest BCUT2D eigenvalue weighted by molar-refractivity contribution is 7.98. The molecule has 0 fully saturated rings. The van der Waals surface area contributed by atoms with Crippen LogP contribution in [0.3, 0.4) is 0 Å². The first-order valence-electron chi connectivity index (χ1n) is 12.5. The lowest BCUT2D eigenvalue weighted by Gasteiger charge is -2.25. The number of ether oxygens (including phenoxy) is 3. The summed E-state index contributed by atoms with van der Waals surface area (Å²) in [7, 11) is 1.57. The molecule has 0 N–H and O–H groups in total. The summed E-state index contributed by atoms with van der Waals surface area (Å²) in [6, 6.07) is 12.7. The number of carbonyl (C=O) groups excluding carboxylic acids is 1. The van der Waals surface area contributed by atoms with E-state index in [1.807, 2.05) is 56.5 Å². The summed E-state index contributed by atoms with van der Waals surface area (Å²) in [5.74, 6) is 0.861. The van der Waals surface area contributed by atoms with Gasteiger partial charge in [-0.25, -0.2) is 9.79 Å². The van der Waals surface area contributed by atoms with Crippen molar-refractivity contribution in [2.24, 2.45) is 10.9 Å². The molecule has 0 aliphatic carbocycles. The summed E-state index contributed by atoms with van der Waals surface area (Å²) in [6.45, 7) is 10.1. The van der Waals surface area contributed by atoms with E-state index < -0.39 is 12.0 Å². The van der Waals surface area contributed by atoms with Gasteiger partial charge in [0.2, 0.25) is 0 Å². The van der Waals surface area contributed by atoms with Crippen molar-refractivity contribution < 1.29 is 19.0 Å². The fourth-order valence-electron chi connectivity index (χ4n) is 4.20. The average molecular weight is 565 g/mol. The van der Waals surface area contributed by atoms with Crippen molar-refractivity contribution in [1.29, 1.82) is 0 Å². The van der Waals surface area contributed by atoms with Crippen LogP contribution in [0.1, 0.15) is 37.9 Å². The maximum atomic E-state index is 13.9. The molecule has 1 aliphatic heterocycles. The second-order valence-electron chi connectivity index (χ2n) is 9.36. The largest absolute Gasteiger partial charge is 0.493 e. The van der Waals surface area contributed by atoms with Crippen molar-refractivity contribution in [3.63, 3.8) is 0 Å². The van der Waals surface area contributed by atoms with Crippen LogP contribution in [0.25, 0.3) is 6.08 Å². The molecular formula is C30H32N2O5S2. The van der Waals surface area contributed by atoms with Crippen molar-refractivity contribution >= 4 is 35.1 Å². The van der Waals surface area contributed by atoms with Gasteiger partial charge in [-0.1, -0.05) is 56.0 Å². The monoisotopic (exact) mass is 564 g/mol. The van der Waals surface area contributed by atoms with Crippen LogP contribution in [0.15, 0.2) is 81.1 Å². The minimum atomic E-state index is -0.650. The molecule has 0 bridgehead atoms. The third-order valence-electron chi connectivity index (χ3n) is 6.06. The Bertz CT molecular complexity index is 1580. The molecule has 2 aromatic carbocycles. The normalized spacial score (nSPS) is 15.1. The van der Waals surface area contributed by atoms with E-state index in [4.69, 9.17) is 14.2 Å². The van der Waals surface area contributed by atoms with Crippen LogP contribution in [0.2, 0.25) is 0 Å². The van der Waals surface area contributed by atoms with E-state index in [0.717, 1.165) is 16.0 Å². The summed E-state index contributed by atoms with van der Waals surface area (Å²) >= 11 is 2.91. The van der Waals surface area contributed by atoms with Gasteiger partial charge in [-0.2, -0.15) is 0 Å². The zero-order valence-electron chi connectivity index (χ0n) is 22.7. The third kappa shape index (κ3) is 6.20. The van der Waals surface area contributed by atoms with Crippen LogP contribution in [-0.2, 0) is 9.53 Å². The number of thiazole rings is 1. The van der Waals surface area contributed by atoms with Crippen LogP contribution in [0.4, 0.5) is 0 Å². The number of hydrogen-bond acceptors (Lipinski definition) is 8. The molecule has 0 radical (unpaired) electrons. The SMILES string of the molecule is C=CCOc1ccc(C=c2sc3n(c2=O)C(c2ccc(SC)cc2)C(C(=O)OCC(C)C)=C(C)N=3)cc1OC. The highest BCUT2D eigenvalue weighted by atomic mass is 32.2. The summed E-state index contributed by atoms with van der Waals surface area (Å²) in [6.07, 6.45) is 5.46. The van der Waals surface area contributed by atoms with Crippen molar-refractivity contribution in [3.8, 4) is 11.5 Å². The zero-order valence-corrected chi connectivity index (χ0v) is 24.4. The van der Waals surface area contributed by atoms with Crippen LogP contribution in [0.5, 0.6) is 11.5 Å². The minimum absolute atomic E-state index is 0.181. The summed E-state index contributed by atoms with van der Waals surface area (Å²) in [5.41, 5.74) is 2.27. The lowest BCUT2D eigenvalue weighted by Crippen LogP contribution is -2.40. The molecule has 3 aromatic rings. The first-order valence-corrected chi connectivity index (χ1v) is 14.6. The standard InChI is InChI=1S/C30H32N2O5S2/c1-7-14-36-23-13-8-20(15-24(23)35-5)16-25-28(33)32-27(21-9-11-22(38-6)12-10-21)26(19(4)31-30(32)39-25)29(34)37-17-18(2)3/h7-13,15-16,18,27H,1,14,17H2,2-6H3. The lowest BCUT2D eigenvalue weighted by atomic mass is 9.96. The molecular weight excluding hydrogens is 532 g/mol. The number of allylic oxidation sites excluding steroid dienone is 1. The molecule has 39 heavy (non-hydrogen) atoms. The van der Waals surface area contributed by atoms with Crippen LogP contribution >= 0.6 is 23.1 Å². The summed E-state index contributed by atoms with van der Waals surface area (Å²) in [4.78, 5) is 33.5. The van der Waals surface area contributed by atoms with E-state index in [-0.39, 0.29) is 18.1 Å². The highest BCUT2D eigenvalue weighted by Crippen LogP contribution is 2.32. The van der Waals surface area contributed by atoms with Crippen molar-refractivity contribution in [1.82, 2.24) is 4.57 Å². The summed E-state index contributed by atoms with van der Waals surface area (Å²) < 4.78 is 18.8. The molecule has 2 heterocycles. The number of benzene rings is 2. The Kier molecular flexibility index (Phi) is 9.14. The Labute approximate surface area is 236 Å². The smallest absolute Gasteiger partial charge is 0.338 e. The van der Waals surface area contributed by atoms with Crippen LogP contribution in [-0.4, -0.2) is 37.1 Å². The quantitative estimate of drug-likeness (QED) is 0.201. The number of nitrogens with zero attached hydrogens (tertiary/aromatic N) is 2. The average Bonchev–Trinajstić information content (AvgIpc) is 3.24. The molecule has 4 rings (SSSR count). The molecule has 1 atom stereocenters. The van der Waals surface area contributed by atoms with Crippen LogP contribution in [0, 0.1) is 5.92 Å². The van der Waals surface area contributed by atoms with Gasteiger partial charge in [0.25, 0.3) is 5.56 Å². The van der Waals surface area contributed by atoms with E-state index in [1.165, 1.54) is 11.3 Å². The predicted octanol–water partition coefficient (Wildman–Crippen LogP) is 4.73.